The van der Waals surface area contributed by atoms with Crippen LogP contribution < -0.4 is 5.32 Å². The van der Waals surface area contributed by atoms with Crippen LogP contribution in [0.4, 0.5) is 4.39 Å². The molecule has 1 aromatic rings. The number of hydrogen-bond acceptors (Lipinski definition) is 3. The second-order valence-corrected chi connectivity index (χ2v) is 5.20. The van der Waals surface area contributed by atoms with E-state index in [-0.39, 0.29) is 5.82 Å². The summed E-state index contributed by atoms with van der Waals surface area (Å²) in [5, 5.41) is 12.7. The van der Waals surface area contributed by atoms with E-state index in [4.69, 9.17) is 0 Å². The summed E-state index contributed by atoms with van der Waals surface area (Å²) in [7, 11) is 0. The Morgan fingerprint density at radius 3 is 2.60 bits per heavy atom. The quantitative estimate of drug-likeness (QED) is 0.794. The molecule has 110 valence electrons. The molecule has 20 heavy (non-hydrogen) atoms. The molecule has 0 aliphatic heterocycles. The summed E-state index contributed by atoms with van der Waals surface area (Å²) < 4.78 is 13.2. The highest BCUT2D eigenvalue weighted by Gasteiger charge is 2.23. The summed E-state index contributed by atoms with van der Waals surface area (Å²) in [5.74, 6) is -0.258. The van der Waals surface area contributed by atoms with Crippen molar-refractivity contribution in [1.29, 1.82) is 5.26 Å². The van der Waals surface area contributed by atoms with Gasteiger partial charge in [-0.3, -0.25) is 5.32 Å². The van der Waals surface area contributed by atoms with Gasteiger partial charge in [0.15, 0.2) is 0 Å². The molecule has 1 rings (SSSR count). The molecule has 0 bridgehead atoms. The first-order valence-corrected chi connectivity index (χ1v) is 7.16. The fraction of sp³-hybridized carbons (Fsp3) is 0.562. The van der Waals surface area contributed by atoms with Gasteiger partial charge in [0, 0.05) is 19.5 Å². The van der Waals surface area contributed by atoms with Crippen molar-refractivity contribution >= 4 is 0 Å². The second-order valence-electron chi connectivity index (χ2n) is 5.20. The zero-order valence-electron chi connectivity index (χ0n) is 12.6. The number of halogens is 1. The van der Waals surface area contributed by atoms with Crippen LogP contribution in [-0.2, 0) is 6.42 Å². The van der Waals surface area contributed by atoms with Gasteiger partial charge in [0.25, 0.3) is 0 Å². The molecule has 3 nitrogen and oxygen atoms in total. The summed E-state index contributed by atoms with van der Waals surface area (Å²) in [4.78, 5) is 2.30. The average Bonchev–Trinajstić information content (AvgIpc) is 2.44. The molecular formula is C16H24FN3. The number of nitriles is 1. The average molecular weight is 277 g/mol. The van der Waals surface area contributed by atoms with Crippen molar-refractivity contribution in [1.82, 2.24) is 10.2 Å². The van der Waals surface area contributed by atoms with Gasteiger partial charge in [0.2, 0.25) is 0 Å². The van der Waals surface area contributed by atoms with Crippen LogP contribution in [0.5, 0.6) is 0 Å². The highest BCUT2D eigenvalue weighted by molar-refractivity contribution is 5.22. The molecular weight excluding hydrogens is 253 g/mol. The fourth-order valence-electron chi connectivity index (χ4n) is 2.23. The number of nitrogens with one attached hydrogen (secondary N) is 1. The van der Waals surface area contributed by atoms with E-state index in [2.05, 4.69) is 30.1 Å². The Kier molecular flexibility index (Phi) is 6.63. The van der Waals surface area contributed by atoms with Crippen molar-refractivity contribution in [2.24, 2.45) is 0 Å². The van der Waals surface area contributed by atoms with E-state index < -0.39 is 5.54 Å². The summed E-state index contributed by atoms with van der Waals surface area (Å²) >= 11 is 0. The van der Waals surface area contributed by atoms with E-state index in [1.165, 1.54) is 12.1 Å². The standard InChI is InChI=1S/C16H24FN3/c1-4-20(5-2)10-9-19-16(3,13-18)12-14-7-6-8-15(17)11-14/h6-8,11,19H,4-5,9-10,12H2,1-3H3. The van der Waals surface area contributed by atoms with Crippen molar-refractivity contribution in [2.75, 3.05) is 26.2 Å². The molecule has 0 saturated heterocycles. The molecule has 1 atom stereocenters. The lowest BCUT2D eigenvalue weighted by Crippen LogP contribution is -2.46. The minimum absolute atomic E-state index is 0.258. The molecule has 0 aliphatic rings. The van der Waals surface area contributed by atoms with E-state index >= 15 is 0 Å². The fourth-order valence-corrected chi connectivity index (χ4v) is 2.23. The van der Waals surface area contributed by atoms with Crippen LogP contribution in [0, 0.1) is 17.1 Å². The molecule has 1 aromatic carbocycles. The lowest BCUT2D eigenvalue weighted by Gasteiger charge is -2.26. The summed E-state index contributed by atoms with van der Waals surface area (Å²) in [6.45, 7) is 9.78. The molecule has 0 aromatic heterocycles. The number of benzene rings is 1. The third-order valence-electron chi connectivity index (χ3n) is 3.53. The number of nitrogens with zero attached hydrogens (tertiary/aromatic N) is 2. The minimum Gasteiger partial charge on any atom is -0.303 e. The smallest absolute Gasteiger partial charge is 0.123 e. The lowest BCUT2D eigenvalue weighted by molar-refractivity contribution is 0.289. The zero-order valence-corrected chi connectivity index (χ0v) is 12.6. The normalized spacial score (nSPS) is 14.0. The Morgan fingerprint density at radius 2 is 2.05 bits per heavy atom. The molecule has 4 heteroatoms. The maximum atomic E-state index is 13.2. The Morgan fingerprint density at radius 1 is 1.35 bits per heavy atom. The van der Waals surface area contributed by atoms with Crippen LogP contribution in [-0.4, -0.2) is 36.6 Å². The molecule has 0 aliphatic carbocycles. The Labute approximate surface area is 121 Å². The number of hydrogen-bond donors (Lipinski definition) is 1. The van der Waals surface area contributed by atoms with Crippen molar-refractivity contribution in [3.8, 4) is 6.07 Å². The lowest BCUT2D eigenvalue weighted by atomic mass is 9.94. The Bertz CT molecular complexity index is 451. The van der Waals surface area contributed by atoms with Gasteiger partial charge in [-0.15, -0.1) is 0 Å². The van der Waals surface area contributed by atoms with Crippen molar-refractivity contribution < 1.29 is 4.39 Å². The van der Waals surface area contributed by atoms with Gasteiger partial charge >= 0.3 is 0 Å². The Balaban J connectivity index is 2.57. The number of rotatable bonds is 8. The minimum atomic E-state index is -0.666. The highest BCUT2D eigenvalue weighted by atomic mass is 19.1. The predicted molar refractivity (Wildman–Crippen MR) is 79.9 cm³/mol. The first-order chi connectivity index (χ1) is 9.53. The van der Waals surface area contributed by atoms with Crippen LogP contribution in [0.1, 0.15) is 26.3 Å². The summed E-state index contributed by atoms with van der Waals surface area (Å²) in [6.07, 6.45) is 0.500. The van der Waals surface area contributed by atoms with Crippen LogP contribution in [0.25, 0.3) is 0 Å². The van der Waals surface area contributed by atoms with Crippen LogP contribution in [0.15, 0.2) is 24.3 Å². The SMILES string of the molecule is CCN(CC)CCNC(C)(C#N)Cc1cccc(F)c1. The van der Waals surface area contributed by atoms with Gasteiger partial charge in [-0.25, -0.2) is 4.39 Å². The van der Waals surface area contributed by atoms with Crippen LogP contribution in [0.2, 0.25) is 0 Å². The van der Waals surface area contributed by atoms with Crippen LogP contribution >= 0.6 is 0 Å². The largest absolute Gasteiger partial charge is 0.303 e. The molecule has 0 amide bonds. The van der Waals surface area contributed by atoms with Gasteiger partial charge in [-0.2, -0.15) is 5.26 Å². The summed E-state index contributed by atoms with van der Waals surface area (Å²) in [5.41, 5.74) is 0.172. The Hall–Kier alpha value is -1.44. The topological polar surface area (TPSA) is 39.1 Å². The molecule has 1 unspecified atom stereocenters. The molecule has 1 N–H and O–H groups in total. The van der Waals surface area contributed by atoms with Gasteiger partial charge in [-0.1, -0.05) is 26.0 Å². The molecule has 0 spiro atoms. The van der Waals surface area contributed by atoms with E-state index in [1.54, 1.807) is 6.07 Å². The monoisotopic (exact) mass is 277 g/mol. The van der Waals surface area contributed by atoms with E-state index in [1.807, 2.05) is 13.0 Å². The zero-order chi connectivity index (χ0) is 15.0. The third kappa shape index (κ3) is 5.28. The maximum Gasteiger partial charge on any atom is 0.123 e. The van der Waals surface area contributed by atoms with E-state index in [9.17, 15) is 9.65 Å². The first-order valence-electron chi connectivity index (χ1n) is 7.16. The van der Waals surface area contributed by atoms with E-state index in [0.29, 0.717) is 6.42 Å². The van der Waals surface area contributed by atoms with Crippen molar-refractivity contribution in [3.05, 3.63) is 35.6 Å². The van der Waals surface area contributed by atoms with Gasteiger partial charge in [-0.05, 0) is 37.7 Å². The first kappa shape index (κ1) is 16.6. The molecule has 0 saturated carbocycles. The summed E-state index contributed by atoms with van der Waals surface area (Å²) in [6, 6.07) is 8.74. The van der Waals surface area contributed by atoms with Crippen LogP contribution in [0.3, 0.4) is 0 Å². The molecule has 0 heterocycles. The maximum absolute atomic E-state index is 13.2. The highest BCUT2D eigenvalue weighted by Crippen LogP contribution is 2.13. The van der Waals surface area contributed by atoms with Gasteiger partial charge in [0.1, 0.15) is 11.4 Å². The molecule has 0 radical (unpaired) electrons. The van der Waals surface area contributed by atoms with Gasteiger partial charge in [0.05, 0.1) is 6.07 Å². The predicted octanol–water partition coefficient (Wildman–Crippen LogP) is 2.58. The van der Waals surface area contributed by atoms with E-state index in [0.717, 1.165) is 31.7 Å². The van der Waals surface area contributed by atoms with Gasteiger partial charge < -0.3 is 4.90 Å². The molecule has 0 fully saturated rings. The van der Waals surface area contributed by atoms with Crippen molar-refractivity contribution in [3.63, 3.8) is 0 Å². The second kappa shape index (κ2) is 7.98. The number of likely N-dealkylation sites (N-methyl/N-ethyl adjacent to an activating group) is 1. The van der Waals surface area contributed by atoms with Crippen molar-refractivity contribution in [2.45, 2.75) is 32.7 Å². The third-order valence-corrected chi connectivity index (χ3v) is 3.53.